The minimum absolute atomic E-state index is 0.0225. The molecule has 1 aliphatic rings. The van der Waals surface area contributed by atoms with Crippen molar-refractivity contribution in [3.8, 4) is 0 Å². The van der Waals surface area contributed by atoms with Crippen LogP contribution in [-0.4, -0.2) is 35.6 Å². The van der Waals surface area contributed by atoms with Gasteiger partial charge in [-0.25, -0.2) is 0 Å². The van der Waals surface area contributed by atoms with Crippen molar-refractivity contribution in [2.45, 2.75) is 52.1 Å². The molecule has 1 rings (SSSR count). The first-order valence-electron chi connectivity index (χ1n) is 7.31. The largest absolute Gasteiger partial charge is 0.465 e. The van der Waals surface area contributed by atoms with Crippen molar-refractivity contribution in [3.63, 3.8) is 0 Å². The highest BCUT2D eigenvalue weighted by atomic mass is 32.2. The van der Waals surface area contributed by atoms with E-state index in [-0.39, 0.29) is 11.8 Å². The lowest BCUT2D eigenvalue weighted by Crippen LogP contribution is -2.37. The molecule has 0 aromatic carbocycles. The van der Waals surface area contributed by atoms with E-state index in [1.54, 1.807) is 6.92 Å². The lowest BCUT2D eigenvalue weighted by atomic mass is 9.80. The summed E-state index contributed by atoms with van der Waals surface area (Å²) in [5, 5.41) is 7.18. The standard InChI is InChI=1S/C14H24N2O4S/c1-3-5-6-7-14(11(17)19-4-2)8-10(20-12(14)18)9-21-13(15)16/h10H,3-9H2,1-2H3,(H3,15,16)/t10-,14-/m1/s1. The summed E-state index contributed by atoms with van der Waals surface area (Å²) in [6.07, 6.45) is 3.14. The van der Waals surface area contributed by atoms with Gasteiger partial charge in [0.05, 0.1) is 6.61 Å². The van der Waals surface area contributed by atoms with Crippen LogP contribution in [0.4, 0.5) is 0 Å². The van der Waals surface area contributed by atoms with Crippen LogP contribution in [0.1, 0.15) is 46.0 Å². The van der Waals surface area contributed by atoms with Gasteiger partial charge in [0.2, 0.25) is 0 Å². The third kappa shape index (κ3) is 4.62. The van der Waals surface area contributed by atoms with Crippen molar-refractivity contribution in [1.29, 1.82) is 5.41 Å². The van der Waals surface area contributed by atoms with Gasteiger partial charge in [0.25, 0.3) is 0 Å². The van der Waals surface area contributed by atoms with Crippen LogP contribution in [-0.2, 0) is 19.1 Å². The summed E-state index contributed by atoms with van der Waals surface area (Å²) >= 11 is 1.12. The zero-order valence-corrected chi connectivity index (χ0v) is 13.5. The Labute approximate surface area is 129 Å². The van der Waals surface area contributed by atoms with E-state index in [0.717, 1.165) is 31.0 Å². The first-order valence-corrected chi connectivity index (χ1v) is 8.30. The van der Waals surface area contributed by atoms with Crippen LogP contribution in [0.5, 0.6) is 0 Å². The maximum absolute atomic E-state index is 12.3. The molecule has 3 N–H and O–H groups in total. The van der Waals surface area contributed by atoms with Crippen molar-refractivity contribution in [2.24, 2.45) is 11.1 Å². The molecule has 0 radical (unpaired) electrons. The van der Waals surface area contributed by atoms with Gasteiger partial charge in [0, 0.05) is 12.2 Å². The van der Waals surface area contributed by atoms with Gasteiger partial charge in [0.15, 0.2) is 10.6 Å². The minimum Gasteiger partial charge on any atom is -0.465 e. The van der Waals surface area contributed by atoms with Crippen LogP contribution in [0.15, 0.2) is 0 Å². The SMILES string of the molecule is CCCCC[C@]1(C(=O)OCC)C[C@H](CSC(=N)N)OC1=O. The van der Waals surface area contributed by atoms with Crippen molar-refractivity contribution in [2.75, 3.05) is 12.4 Å². The molecular weight excluding hydrogens is 292 g/mol. The van der Waals surface area contributed by atoms with Gasteiger partial charge < -0.3 is 15.2 Å². The Morgan fingerprint density at radius 2 is 2.24 bits per heavy atom. The molecule has 0 amide bonds. The summed E-state index contributed by atoms with van der Waals surface area (Å²) in [4.78, 5) is 24.5. The van der Waals surface area contributed by atoms with E-state index >= 15 is 0 Å². The highest BCUT2D eigenvalue weighted by Gasteiger charge is 2.55. The van der Waals surface area contributed by atoms with Crippen LogP contribution >= 0.6 is 11.8 Å². The van der Waals surface area contributed by atoms with Gasteiger partial charge >= 0.3 is 11.9 Å². The fourth-order valence-electron chi connectivity index (χ4n) is 2.47. The predicted molar refractivity (Wildman–Crippen MR) is 82.1 cm³/mol. The molecule has 0 aromatic heterocycles. The number of ether oxygens (including phenoxy) is 2. The Morgan fingerprint density at radius 1 is 1.52 bits per heavy atom. The van der Waals surface area contributed by atoms with Crippen LogP contribution in [0.25, 0.3) is 0 Å². The smallest absolute Gasteiger partial charge is 0.323 e. The van der Waals surface area contributed by atoms with Gasteiger partial charge in [-0.3, -0.25) is 15.0 Å². The quantitative estimate of drug-likeness (QED) is 0.234. The van der Waals surface area contributed by atoms with E-state index in [2.05, 4.69) is 6.92 Å². The monoisotopic (exact) mass is 316 g/mol. The van der Waals surface area contributed by atoms with Gasteiger partial charge in [-0.15, -0.1) is 0 Å². The van der Waals surface area contributed by atoms with E-state index < -0.39 is 23.5 Å². The Morgan fingerprint density at radius 3 is 2.81 bits per heavy atom. The number of amidine groups is 1. The molecule has 1 fully saturated rings. The Kier molecular flexibility index (Phi) is 7.01. The molecule has 0 saturated carbocycles. The fraction of sp³-hybridized carbons (Fsp3) is 0.786. The molecule has 0 bridgehead atoms. The minimum atomic E-state index is -1.17. The summed E-state index contributed by atoms with van der Waals surface area (Å²) in [7, 11) is 0. The van der Waals surface area contributed by atoms with E-state index in [0.29, 0.717) is 18.6 Å². The number of rotatable bonds is 8. The van der Waals surface area contributed by atoms with E-state index in [4.69, 9.17) is 20.6 Å². The number of unbranched alkanes of at least 4 members (excludes halogenated alkanes) is 2. The zero-order chi connectivity index (χ0) is 15.9. The highest BCUT2D eigenvalue weighted by molar-refractivity contribution is 8.13. The summed E-state index contributed by atoms with van der Waals surface area (Å²) in [5.41, 5.74) is 4.12. The molecule has 2 atom stereocenters. The normalized spacial score (nSPS) is 24.7. The average Bonchev–Trinajstić information content (AvgIpc) is 2.75. The molecule has 6 nitrogen and oxygen atoms in total. The van der Waals surface area contributed by atoms with Crippen LogP contribution in [0.2, 0.25) is 0 Å². The maximum Gasteiger partial charge on any atom is 0.323 e. The van der Waals surface area contributed by atoms with Crippen molar-refractivity contribution in [3.05, 3.63) is 0 Å². The van der Waals surface area contributed by atoms with Crippen LogP contribution in [0, 0.1) is 10.8 Å². The first-order chi connectivity index (χ1) is 9.96. The number of esters is 2. The lowest BCUT2D eigenvalue weighted by molar-refractivity contribution is -0.165. The number of carbonyl (C=O) groups is 2. The topological polar surface area (TPSA) is 102 Å². The van der Waals surface area contributed by atoms with Crippen molar-refractivity contribution >= 4 is 28.9 Å². The van der Waals surface area contributed by atoms with E-state index in [1.807, 2.05) is 0 Å². The second kappa shape index (κ2) is 8.26. The molecule has 0 unspecified atom stereocenters. The highest BCUT2D eigenvalue weighted by Crippen LogP contribution is 2.41. The Balaban J connectivity index is 2.78. The number of cyclic esters (lactones) is 1. The van der Waals surface area contributed by atoms with Gasteiger partial charge in [-0.05, 0) is 13.3 Å². The average molecular weight is 316 g/mol. The van der Waals surface area contributed by atoms with Gasteiger partial charge in [0.1, 0.15) is 6.10 Å². The second-order valence-corrected chi connectivity index (χ2v) is 6.23. The molecule has 1 aliphatic heterocycles. The molecule has 0 aromatic rings. The third-order valence-corrected chi connectivity index (χ3v) is 4.39. The number of nitrogens with two attached hydrogens (primary N) is 1. The molecule has 0 spiro atoms. The summed E-state index contributed by atoms with van der Waals surface area (Å²) in [5.74, 6) is -0.580. The van der Waals surface area contributed by atoms with E-state index in [1.165, 1.54) is 0 Å². The maximum atomic E-state index is 12.3. The zero-order valence-electron chi connectivity index (χ0n) is 12.6. The number of thioether (sulfide) groups is 1. The van der Waals surface area contributed by atoms with E-state index in [9.17, 15) is 9.59 Å². The number of nitrogens with one attached hydrogen (secondary N) is 1. The molecular formula is C14H24N2O4S. The van der Waals surface area contributed by atoms with Crippen molar-refractivity contribution in [1.82, 2.24) is 0 Å². The van der Waals surface area contributed by atoms with Crippen LogP contribution < -0.4 is 5.73 Å². The molecule has 7 heteroatoms. The molecule has 21 heavy (non-hydrogen) atoms. The molecule has 1 saturated heterocycles. The number of hydrogen-bond acceptors (Lipinski definition) is 6. The molecule has 0 aliphatic carbocycles. The number of hydrogen-bond donors (Lipinski definition) is 2. The summed E-state index contributed by atoms with van der Waals surface area (Å²) < 4.78 is 10.4. The Bertz CT molecular complexity index is 402. The number of carbonyl (C=O) groups excluding carboxylic acids is 2. The van der Waals surface area contributed by atoms with Gasteiger partial charge in [-0.2, -0.15) is 0 Å². The second-order valence-electron chi connectivity index (χ2n) is 5.17. The Hall–Kier alpha value is -1.24. The van der Waals surface area contributed by atoms with Crippen LogP contribution in [0.3, 0.4) is 0 Å². The van der Waals surface area contributed by atoms with Gasteiger partial charge in [-0.1, -0.05) is 37.9 Å². The summed E-state index contributed by atoms with van der Waals surface area (Å²) in [6, 6.07) is 0. The third-order valence-electron chi connectivity index (χ3n) is 3.54. The summed E-state index contributed by atoms with van der Waals surface area (Å²) in [6.45, 7) is 4.03. The predicted octanol–water partition coefficient (Wildman–Crippen LogP) is 2.06. The lowest BCUT2D eigenvalue weighted by Gasteiger charge is -2.22. The molecule has 1 heterocycles. The molecule has 120 valence electrons. The van der Waals surface area contributed by atoms with Crippen molar-refractivity contribution < 1.29 is 19.1 Å². The first kappa shape index (κ1) is 17.8. The fourth-order valence-corrected chi connectivity index (χ4v) is 3.02.